The van der Waals surface area contributed by atoms with Gasteiger partial charge in [-0.2, -0.15) is 0 Å². The fraction of sp³-hybridized carbons (Fsp3) is 0.300. The molecular weight excluding hydrogens is 348 g/mol. The number of aromatic nitrogens is 1. The summed E-state index contributed by atoms with van der Waals surface area (Å²) in [6.45, 7) is 2.24. The molecule has 0 unspecified atom stereocenters. The van der Waals surface area contributed by atoms with E-state index in [-0.39, 0.29) is 12.6 Å². The third-order valence-corrected chi connectivity index (χ3v) is 6.34. The number of rotatable bonds is 2. The van der Waals surface area contributed by atoms with Crippen LogP contribution < -0.4 is 15.2 Å². The van der Waals surface area contributed by atoms with E-state index in [1.54, 1.807) is 18.2 Å². The van der Waals surface area contributed by atoms with E-state index >= 15 is 0 Å². The van der Waals surface area contributed by atoms with E-state index in [1.165, 1.54) is 28.9 Å². The van der Waals surface area contributed by atoms with Gasteiger partial charge in [0.2, 0.25) is 12.6 Å². The van der Waals surface area contributed by atoms with Crippen LogP contribution in [0.2, 0.25) is 0 Å². The Bertz CT molecular complexity index is 1070. The maximum atomic E-state index is 13.1. The summed E-state index contributed by atoms with van der Waals surface area (Å²) in [5.74, 6) is 1.17. The summed E-state index contributed by atoms with van der Waals surface area (Å²) >= 11 is 1.39. The predicted molar refractivity (Wildman–Crippen MR) is 101 cm³/mol. The number of nitrogen functional groups attached to an aromatic ring is 1. The number of ketones is 1. The molecule has 0 saturated heterocycles. The zero-order valence-corrected chi connectivity index (χ0v) is 15.2. The standard InChI is InChI=1S/C20H18N2O3S/c1-10-12-4-2-3-5-13(12)16-17(21)19(26-20(16)22-10)18(23)11-6-7-14-15(8-11)25-9-24-14/h6-8H,2-5,9,21H2,1H3. The van der Waals surface area contributed by atoms with Gasteiger partial charge in [0.25, 0.3) is 0 Å². The highest BCUT2D eigenvalue weighted by molar-refractivity contribution is 7.21. The van der Waals surface area contributed by atoms with E-state index in [1.807, 2.05) is 0 Å². The van der Waals surface area contributed by atoms with Gasteiger partial charge in [-0.15, -0.1) is 11.3 Å². The third-order valence-electron chi connectivity index (χ3n) is 5.24. The monoisotopic (exact) mass is 366 g/mol. The van der Waals surface area contributed by atoms with Crippen molar-refractivity contribution in [1.29, 1.82) is 0 Å². The molecule has 2 aromatic heterocycles. The smallest absolute Gasteiger partial charge is 0.231 e. The normalized spacial score (nSPS) is 15.3. The highest BCUT2D eigenvalue weighted by atomic mass is 32.1. The fourth-order valence-corrected chi connectivity index (χ4v) is 5.07. The van der Waals surface area contributed by atoms with Crippen molar-refractivity contribution in [1.82, 2.24) is 4.98 Å². The number of fused-ring (bicyclic) bond motifs is 4. The molecule has 26 heavy (non-hydrogen) atoms. The minimum Gasteiger partial charge on any atom is -0.454 e. The lowest BCUT2D eigenvalue weighted by Gasteiger charge is -2.18. The number of nitrogens with two attached hydrogens (primary N) is 1. The quantitative estimate of drug-likeness (QED) is 0.693. The van der Waals surface area contributed by atoms with Crippen molar-refractivity contribution in [3.63, 3.8) is 0 Å². The molecule has 1 aliphatic heterocycles. The molecule has 0 radical (unpaired) electrons. The Labute approximate surface area is 154 Å². The number of anilines is 1. The number of benzene rings is 1. The fourth-order valence-electron chi connectivity index (χ4n) is 3.94. The van der Waals surface area contributed by atoms with Crippen LogP contribution in [0.5, 0.6) is 11.5 Å². The van der Waals surface area contributed by atoms with Crippen LogP contribution >= 0.6 is 11.3 Å². The van der Waals surface area contributed by atoms with E-state index in [9.17, 15) is 4.79 Å². The highest BCUT2D eigenvalue weighted by Gasteiger charge is 2.25. The average molecular weight is 366 g/mol. The maximum absolute atomic E-state index is 13.1. The number of thiophene rings is 1. The molecule has 5 rings (SSSR count). The van der Waals surface area contributed by atoms with Crippen LogP contribution in [0.1, 0.15) is 44.9 Å². The minimum absolute atomic E-state index is 0.0917. The van der Waals surface area contributed by atoms with Crippen LogP contribution in [0.4, 0.5) is 5.69 Å². The zero-order chi connectivity index (χ0) is 17.8. The Balaban J connectivity index is 1.65. The van der Waals surface area contributed by atoms with Crippen LogP contribution in [0.15, 0.2) is 18.2 Å². The van der Waals surface area contributed by atoms with Gasteiger partial charge in [-0.3, -0.25) is 4.79 Å². The number of pyridine rings is 1. The van der Waals surface area contributed by atoms with Crippen molar-refractivity contribution in [3.8, 4) is 11.5 Å². The lowest BCUT2D eigenvalue weighted by molar-refractivity contribution is 0.104. The molecule has 0 spiro atoms. The summed E-state index contributed by atoms with van der Waals surface area (Å²) in [6.07, 6.45) is 4.40. The highest BCUT2D eigenvalue weighted by Crippen LogP contribution is 2.41. The molecule has 0 saturated carbocycles. The Morgan fingerprint density at radius 2 is 1.92 bits per heavy atom. The molecule has 2 N–H and O–H groups in total. The summed E-state index contributed by atoms with van der Waals surface area (Å²) in [4.78, 5) is 19.3. The number of carbonyl (C=O) groups is 1. The number of ether oxygens (including phenoxy) is 2. The number of aryl methyl sites for hydroxylation is 2. The van der Waals surface area contributed by atoms with Gasteiger partial charge in [-0.1, -0.05) is 0 Å². The first kappa shape index (κ1) is 15.6. The van der Waals surface area contributed by atoms with E-state index in [0.29, 0.717) is 27.6 Å². The first-order valence-electron chi connectivity index (χ1n) is 8.78. The lowest BCUT2D eigenvalue weighted by atomic mass is 9.89. The number of nitrogens with zero attached hydrogens (tertiary/aromatic N) is 1. The first-order chi connectivity index (χ1) is 12.6. The Hall–Kier alpha value is -2.60. The van der Waals surface area contributed by atoms with Crippen molar-refractivity contribution in [2.45, 2.75) is 32.6 Å². The average Bonchev–Trinajstić information content (AvgIpc) is 3.25. The van der Waals surface area contributed by atoms with Gasteiger partial charge in [0.1, 0.15) is 9.71 Å². The zero-order valence-electron chi connectivity index (χ0n) is 14.4. The van der Waals surface area contributed by atoms with Crippen LogP contribution in [0.3, 0.4) is 0 Å². The van der Waals surface area contributed by atoms with Gasteiger partial charge in [0, 0.05) is 16.6 Å². The molecule has 1 aromatic carbocycles. The number of hydrogen-bond donors (Lipinski definition) is 1. The van der Waals surface area contributed by atoms with Crippen molar-refractivity contribution in [2.75, 3.05) is 12.5 Å². The van der Waals surface area contributed by atoms with E-state index < -0.39 is 0 Å². The Morgan fingerprint density at radius 1 is 1.15 bits per heavy atom. The topological polar surface area (TPSA) is 74.4 Å². The van der Waals surface area contributed by atoms with Crippen molar-refractivity contribution >= 4 is 33.0 Å². The predicted octanol–water partition coefficient (Wildman–Crippen LogP) is 4.03. The lowest BCUT2D eigenvalue weighted by Crippen LogP contribution is -2.08. The summed E-state index contributed by atoms with van der Waals surface area (Å²) in [5.41, 5.74) is 11.2. The molecule has 132 valence electrons. The van der Waals surface area contributed by atoms with Gasteiger partial charge < -0.3 is 15.2 Å². The third kappa shape index (κ3) is 2.22. The molecule has 0 bridgehead atoms. The van der Waals surface area contributed by atoms with Gasteiger partial charge in [-0.05, 0) is 61.9 Å². The summed E-state index contributed by atoms with van der Waals surface area (Å²) in [7, 11) is 0. The van der Waals surface area contributed by atoms with Crippen molar-refractivity contribution < 1.29 is 14.3 Å². The molecule has 1 aliphatic carbocycles. The first-order valence-corrected chi connectivity index (χ1v) is 9.60. The summed E-state index contributed by atoms with van der Waals surface area (Å²) < 4.78 is 10.7. The van der Waals surface area contributed by atoms with E-state index in [2.05, 4.69) is 6.92 Å². The number of carbonyl (C=O) groups excluding carboxylic acids is 1. The molecular formula is C20H18N2O3S. The molecule has 3 heterocycles. The van der Waals surface area contributed by atoms with Gasteiger partial charge in [0.15, 0.2) is 11.5 Å². The van der Waals surface area contributed by atoms with E-state index in [0.717, 1.165) is 35.2 Å². The maximum Gasteiger partial charge on any atom is 0.231 e. The van der Waals surface area contributed by atoms with Crippen molar-refractivity contribution in [3.05, 3.63) is 45.5 Å². The molecule has 6 heteroatoms. The van der Waals surface area contributed by atoms with Crippen molar-refractivity contribution in [2.24, 2.45) is 0 Å². The molecule has 3 aromatic rings. The van der Waals surface area contributed by atoms with E-state index in [4.69, 9.17) is 20.2 Å². The van der Waals surface area contributed by atoms with Crippen LogP contribution in [-0.2, 0) is 12.8 Å². The SMILES string of the molecule is Cc1nc2sc(C(=O)c3ccc4c(c3)OCO4)c(N)c2c2c1CCCC2. The largest absolute Gasteiger partial charge is 0.454 e. The van der Waals surface area contributed by atoms with Crippen LogP contribution in [-0.4, -0.2) is 17.6 Å². The van der Waals surface area contributed by atoms with Crippen LogP contribution in [0.25, 0.3) is 10.2 Å². The molecule has 0 atom stereocenters. The van der Waals surface area contributed by atoms with Crippen LogP contribution in [0, 0.1) is 6.92 Å². The summed E-state index contributed by atoms with van der Waals surface area (Å²) in [6, 6.07) is 5.25. The molecule has 0 fully saturated rings. The molecule has 2 aliphatic rings. The number of hydrogen-bond acceptors (Lipinski definition) is 6. The Kier molecular flexibility index (Phi) is 3.43. The molecule has 5 nitrogen and oxygen atoms in total. The van der Waals surface area contributed by atoms with Gasteiger partial charge >= 0.3 is 0 Å². The second kappa shape index (κ2) is 5.71. The minimum atomic E-state index is -0.0917. The second-order valence-electron chi connectivity index (χ2n) is 6.78. The van der Waals surface area contributed by atoms with Gasteiger partial charge in [-0.25, -0.2) is 4.98 Å². The molecule has 0 amide bonds. The summed E-state index contributed by atoms with van der Waals surface area (Å²) in [5, 5.41) is 0.986. The second-order valence-corrected chi connectivity index (χ2v) is 7.78. The van der Waals surface area contributed by atoms with Gasteiger partial charge in [0.05, 0.1) is 5.69 Å². The Morgan fingerprint density at radius 3 is 2.77 bits per heavy atom.